The molecule has 2 aliphatic rings. The van der Waals surface area contributed by atoms with E-state index < -0.39 is 36.7 Å². The third-order valence-electron chi connectivity index (χ3n) is 5.43. The Labute approximate surface area is 157 Å². The summed E-state index contributed by atoms with van der Waals surface area (Å²) in [7, 11) is -0.643. The SMILES string of the molecule is CC1(C)OB(c2ccc(C(=O)N3CCCC(F)(F)C3)cc2Cl)OC1(C)C. The smallest absolute Gasteiger partial charge is 0.399 e. The summed E-state index contributed by atoms with van der Waals surface area (Å²) in [4.78, 5) is 13.7. The van der Waals surface area contributed by atoms with Gasteiger partial charge in [0.25, 0.3) is 11.8 Å². The molecule has 2 fully saturated rings. The van der Waals surface area contributed by atoms with Crippen molar-refractivity contribution in [1.29, 1.82) is 0 Å². The van der Waals surface area contributed by atoms with E-state index in [0.717, 1.165) is 0 Å². The topological polar surface area (TPSA) is 38.8 Å². The van der Waals surface area contributed by atoms with Crippen molar-refractivity contribution in [2.24, 2.45) is 0 Å². The van der Waals surface area contributed by atoms with Gasteiger partial charge < -0.3 is 14.2 Å². The highest BCUT2D eigenvalue weighted by Gasteiger charge is 2.52. The number of carbonyl (C=O) groups excluding carboxylic acids is 1. The highest BCUT2D eigenvalue weighted by atomic mass is 35.5. The zero-order valence-electron chi connectivity index (χ0n) is 15.4. The highest BCUT2D eigenvalue weighted by Crippen LogP contribution is 2.37. The average molecular weight is 386 g/mol. The lowest BCUT2D eigenvalue weighted by Gasteiger charge is -2.32. The van der Waals surface area contributed by atoms with E-state index in [1.54, 1.807) is 12.1 Å². The van der Waals surface area contributed by atoms with Crippen LogP contribution in [0.1, 0.15) is 50.9 Å². The molecule has 0 saturated carbocycles. The maximum atomic E-state index is 13.6. The fourth-order valence-corrected chi connectivity index (χ4v) is 3.41. The van der Waals surface area contributed by atoms with Crippen LogP contribution in [0.2, 0.25) is 5.02 Å². The van der Waals surface area contributed by atoms with Crippen LogP contribution >= 0.6 is 11.6 Å². The fourth-order valence-electron chi connectivity index (χ4n) is 3.14. The number of piperidine rings is 1. The van der Waals surface area contributed by atoms with Gasteiger partial charge in [0.05, 0.1) is 17.7 Å². The second-order valence-electron chi connectivity index (χ2n) is 8.01. The van der Waals surface area contributed by atoms with Crippen LogP contribution in [0.15, 0.2) is 18.2 Å². The van der Waals surface area contributed by atoms with Crippen molar-refractivity contribution >= 4 is 30.1 Å². The first-order chi connectivity index (χ1) is 11.9. The number of rotatable bonds is 2. The summed E-state index contributed by atoms with van der Waals surface area (Å²) in [6, 6.07) is 4.75. The summed E-state index contributed by atoms with van der Waals surface area (Å²) in [5.74, 6) is -3.27. The summed E-state index contributed by atoms with van der Waals surface area (Å²) in [6.07, 6.45) is 0.108. The fraction of sp³-hybridized carbons (Fsp3) is 0.611. The zero-order valence-corrected chi connectivity index (χ0v) is 16.2. The summed E-state index contributed by atoms with van der Waals surface area (Å²) in [5.41, 5.74) is -0.109. The number of likely N-dealkylation sites (tertiary alicyclic amines) is 1. The van der Waals surface area contributed by atoms with Crippen LogP contribution in [0.3, 0.4) is 0 Å². The molecule has 2 saturated heterocycles. The van der Waals surface area contributed by atoms with E-state index in [1.807, 2.05) is 27.7 Å². The van der Waals surface area contributed by atoms with Crippen LogP contribution < -0.4 is 5.46 Å². The van der Waals surface area contributed by atoms with E-state index in [1.165, 1.54) is 11.0 Å². The Hall–Kier alpha value is -1.18. The molecule has 1 amide bonds. The van der Waals surface area contributed by atoms with Crippen LogP contribution in [0.5, 0.6) is 0 Å². The van der Waals surface area contributed by atoms with Gasteiger partial charge in [-0.25, -0.2) is 8.78 Å². The molecule has 0 bridgehead atoms. The lowest BCUT2D eigenvalue weighted by atomic mass is 9.78. The molecule has 142 valence electrons. The van der Waals surface area contributed by atoms with E-state index in [0.29, 0.717) is 23.5 Å². The maximum absolute atomic E-state index is 13.6. The Balaban J connectivity index is 1.79. The number of alkyl halides is 2. The quantitative estimate of drug-likeness (QED) is 0.731. The summed E-state index contributed by atoms with van der Waals surface area (Å²) in [5, 5.41) is 0.318. The molecule has 8 heteroatoms. The average Bonchev–Trinajstić information content (AvgIpc) is 2.73. The molecule has 4 nitrogen and oxygen atoms in total. The molecular weight excluding hydrogens is 362 g/mol. The second kappa shape index (κ2) is 6.46. The Kier molecular flexibility index (Phi) is 4.87. The molecule has 0 aromatic heterocycles. The van der Waals surface area contributed by atoms with Crippen LogP contribution in [0.25, 0.3) is 0 Å². The van der Waals surface area contributed by atoms with Gasteiger partial charge in [-0.1, -0.05) is 17.7 Å². The summed E-state index contributed by atoms with van der Waals surface area (Å²) >= 11 is 6.36. The number of benzene rings is 1. The monoisotopic (exact) mass is 385 g/mol. The van der Waals surface area contributed by atoms with Gasteiger partial charge >= 0.3 is 7.12 Å². The van der Waals surface area contributed by atoms with Crippen LogP contribution in [0, 0.1) is 0 Å². The molecule has 0 N–H and O–H groups in total. The van der Waals surface area contributed by atoms with Gasteiger partial charge in [-0.05, 0) is 46.2 Å². The first kappa shape index (κ1) is 19.6. The molecule has 2 heterocycles. The molecule has 0 unspecified atom stereocenters. The molecule has 0 atom stereocenters. The highest BCUT2D eigenvalue weighted by molar-refractivity contribution is 6.65. The largest absolute Gasteiger partial charge is 0.496 e. The number of hydrogen-bond donors (Lipinski definition) is 0. The van der Waals surface area contributed by atoms with Crippen molar-refractivity contribution in [3.05, 3.63) is 28.8 Å². The van der Waals surface area contributed by atoms with Gasteiger partial charge in [-0.15, -0.1) is 0 Å². The maximum Gasteiger partial charge on any atom is 0.496 e. The molecule has 3 rings (SSSR count). The minimum atomic E-state index is -2.83. The zero-order chi connectivity index (χ0) is 19.3. The van der Waals surface area contributed by atoms with Crippen LogP contribution in [0.4, 0.5) is 8.78 Å². The predicted molar refractivity (Wildman–Crippen MR) is 97.3 cm³/mol. The van der Waals surface area contributed by atoms with Crippen molar-refractivity contribution in [3.63, 3.8) is 0 Å². The van der Waals surface area contributed by atoms with Crippen molar-refractivity contribution in [1.82, 2.24) is 4.90 Å². The Bertz CT molecular complexity index is 710. The summed E-state index contributed by atoms with van der Waals surface area (Å²) in [6.45, 7) is 7.53. The lowest BCUT2D eigenvalue weighted by molar-refractivity contribution is -0.0560. The first-order valence-corrected chi connectivity index (χ1v) is 9.12. The molecule has 0 aliphatic carbocycles. The van der Waals surface area contributed by atoms with Gasteiger partial charge in [0.1, 0.15) is 0 Å². The van der Waals surface area contributed by atoms with Crippen LogP contribution in [-0.4, -0.2) is 48.1 Å². The van der Waals surface area contributed by atoms with Gasteiger partial charge in [0, 0.05) is 29.0 Å². The van der Waals surface area contributed by atoms with Gasteiger partial charge in [-0.2, -0.15) is 0 Å². The van der Waals surface area contributed by atoms with E-state index in [2.05, 4.69) is 0 Å². The first-order valence-electron chi connectivity index (χ1n) is 8.74. The third-order valence-corrected chi connectivity index (χ3v) is 5.76. The number of carbonyl (C=O) groups is 1. The number of nitrogens with zero attached hydrogens (tertiary/aromatic N) is 1. The molecule has 1 aromatic carbocycles. The number of hydrogen-bond acceptors (Lipinski definition) is 3. The van der Waals surface area contributed by atoms with E-state index >= 15 is 0 Å². The minimum Gasteiger partial charge on any atom is -0.399 e. The standard InChI is InChI=1S/C18H23BClF2NO3/c1-16(2)17(3,4)26-19(25-16)13-7-6-12(10-14(13)20)15(24)23-9-5-8-18(21,22)11-23/h6-7,10H,5,8-9,11H2,1-4H3. The van der Waals surface area contributed by atoms with E-state index in [-0.39, 0.29) is 12.0 Å². The second-order valence-corrected chi connectivity index (χ2v) is 8.42. The van der Waals surface area contributed by atoms with E-state index in [4.69, 9.17) is 20.9 Å². The Morgan fingerprint density at radius 3 is 2.35 bits per heavy atom. The summed E-state index contributed by atoms with van der Waals surface area (Å²) < 4.78 is 39.1. The van der Waals surface area contributed by atoms with Crippen molar-refractivity contribution < 1.29 is 22.9 Å². The van der Waals surface area contributed by atoms with Crippen LogP contribution in [-0.2, 0) is 9.31 Å². The van der Waals surface area contributed by atoms with Crippen molar-refractivity contribution in [3.8, 4) is 0 Å². The molecule has 2 aliphatic heterocycles. The number of halogens is 3. The molecule has 0 spiro atoms. The van der Waals surface area contributed by atoms with Crippen molar-refractivity contribution in [2.75, 3.05) is 13.1 Å². The van der Waals surface area contributed by atoms with Gasteiger partial charge in [-0.3, -0.25) is 4.79 Å². The normalized spacial score (nSPS) is 24.0. The van der Waals surface area contributed by atoms with Crippen molar-refractivity contribution in [2.45, 2.75) is 57.7 Å². The van der Waals surface area contributed by atoms with Gasteiger partial charge in [0.2, 0.25) is 0 Å². The molecule has 26 heavy (non-hydrogen) atoms. The molecular formula is C18H23BClF2NO3. The molecule has 1 aromatic rings. The molecule has 0 radical (unpaired) electrons. The Morgan fingerprint density at radius 2 is 1.81 bits per heavy atom. The number of amides is 1. The third kappa shape index (κ3) is 3.62. The van der Waals surface area contributed by atoms with E-state index in [9.17, 15) is 13.6 Å². The predicted octanol–water partition coefficient (Wildman–Crippen LogP) is 3.51. The Morgan fingerprint density at radius 1 is 1.19 bits per heavy atom. The lowest BCUT2D eigenvalue weighted by Crippen LogP contribution is -2.45. The minimum absolute atomic E-state index is 0.182. The van der Waals surface area contributed by atoms with Gasteiger partial charge in [0.15, 0.2) is 0 Å².